The molecule has 0 unspecified atom stereocenters. The van der Waals surface area contributed by atoms with Gasteiger partial charge in [-0.1, -0.05) is 26.0 Å². The van der Waals surface area contributed by atoms with E-state index in [9.17, 15) is 14.4 Å². The van der Waals surface area contributed by atoms with E-state index < -0.39 is 17.1 Å². The summed E-state index contributed by atoms with van der Waals surface area (Å²) in [6.45, 7) is 9.84. The Hall–Kier alpha value is -4.12. The predicted molar refractivity (Wildman–Crippen MR) is 136 cm³/mol. The summed E-state index contributed by atoms with van der Waals surface area (Å²) in [5.41, 5.74) is 3.75. The van der Waals surface area contributed by atoms with Gasteiger partial charge in [0.1, 0.15) is 5.60 Å². The molecule has 0 fully saturated rings. The number of ether oxygens (including phenoxy) is 1. The molecule has 8 nitrogen and oxygen atoms in total. The molecule has 1 heterocycles. The molecule has 0 radical (unpaired) electrons. The zero-order valence-corrected chi connectivity index (χ0v) is 21.2. The van der Waals surface area contributed by atoms with Gasteiger partial charge in [-0.05, 0) is 56.2 Å². The predicted octanol–water partition coefficient (Wildman–Crippen LogP) is 4.36. The van der Waals surface area contributed by atoms with Gasteiger partial charge in [0.25, 0.3) is 5.91 Å². The van der Waals surface area contributed by atoms with Gasteiger partial charge in [0.2, 0.25) is 0 Å². The first-order valence-corrected chi connectivity index (χ1v) is 11.9. The van der Waals surface area contributed by atoms with Crippen molar-refractivity contribution in [2.24, 2.45) is 0 Å². The van der Waals surface area contributed by atoms with Crippen molar-refractivity contribution in [3.05, 3.63) is 69.9 Å². The van der Waals surface area contributed by atoms with E-state index in [4.69, 9.17) is 10.00 Å². The Labute approximate surface area is 210 Å². The number of fused-ring (bicyclic) bond motifs is 4. The maximum atomic E-state index is 13.5. The van der Waals surface area contributed by atoms with Crippen molar-refractivity contribution in [3.8, 4) is 6.07 Å². The Morgan fingerprint density at radius 3 is 2.50 bits per heavy atom. The van der Waals surface area contributed by atoms with Crippen LogP contribution in [0.25, 0.3) is 10.9 Å². The van der Waals surface area contributed by atoms with Crippen molar-refractivity contribution in [2.75, 3.05) is 13.1 Å². The summed E-state index contributed by atoms with van der Waals surface area (Å²) in [4.78, 5) is 41.5. The average Bonchev–Trinajstić information content (AvgIpc) is 3.19. The first kappa shape index (κ1) is 25.0. The van der Waals surface area contributed by atoms with Crippen molar-refractivity contribution >= 4 is 28.7 Å². The number of aromatic amines is 1. The van der Waals surface area contributed by atoms with Gasteiger partial charge in [-0.25, -0.2) is 4.79 Å². The molecular weight excluding hydrogens is 456 g/mol. The number of aromatic nitrogens is 1. The van der Waals surface area contributed by atoms with Gasteiger partial charge < -0.3 is 20.4 Å². The third-order valence-corrected chi connectivity index (χ3v) is 6.28. The second-order valence-electron chi connectivity index (χ2n) is 10.5. The zero-order chi connectivity index (χ0) is 26.3. The first-order valence-electron chi connectivity index (χ1n) is 11.9. The lowest BCUT2D eigenvalue weighted by Gasteiger charge is -2.32. The number of carbonyl (C=O) groups excluding carboxylic acids is 3. The fourth-order valence-electron chi connectivity index (χ4n) is 4.58. The number of H-pyrrole nitrogens is 1. The molecule has 0 aliphatic heterocycles. The van der Waals surface area contributed by atoms with E-state index in [2.05, 4.69) is 21.7 Å². The van der Waals surface area contributed by atoms with Gasteiger partial charge in [0.15, 0.2) is 5.78 Å². The minimum Gasteiger partial charge on any atom is -0.444 e. The first-order chi connectivity index (χ1) is 16.9. The normalized spacial score (nSPS) is 13.9. The smallest absolute Gasteiger partial charge is 0.407 e. The maximum absolute atomic E-state index is 13.5. The number of amides is 2. The number of alkyl carbamates (subject to hydrolysis) is 1. The van der Waals surface area contributed by atoms with Crippen LogP contribution in [0.3, 0.4) is 0 Å². The summed E-state index contributed by atoms with van der Waals surface area (Å²) in [5.74, 6) is -0.386. The molecule has 2 amide bonds. The Kier molecular flexibility index (Phi) is 6.35. The van der Waals surface area contributed by atoms with Gasteiger partial charge in [0.05, 0.1) is 18.1 Å². The van der Waals surface area contributed by atoms with Crippen LogP contribution < -0.4 is 10.6 Å². The van der Waals surface area contributed by atoms with Gasteiger partial charge in [-0.3, -0.25) is 9.59 Å². The summed E-state index contributed by atoms with van der Waals surface area (Å²) < 4.78 is 5.18. The molecule has 3 N–H and O–H groups in total. The molecule has 0 atom stereocenters. The van der Waals surface area contributed by atoms with Crippen LogP contribution in [-0.4, -0.2) is 41.5 Å². The molecule has 3 aromatic rings. The van der Waals surface area contributed by atoms with Crippen LogP contribution in [0.15, 0.2) is 36.4 Å². The van der Waals surface area contributed by atoms with Crippen LogP contribution in [0.2, 0.25) is 0 Å². The standard InChI is InChI=1S/C28H30N4O4/c1-27(2,3)36-26(35)31-13-12-30-25(34)17-7-9-18-20(15-17)28(4,5)24-22(23(18)33)19-8-6-16(10-11-29)14-21(19)32-24/h6-9,14-15,32H,10,12-13H2,1-5H3,(H,30,34)(H,31,35). The number of benzene rings is 2. The Balaban J connectivity index is 1.54. The van der Waals surface area contributed by atoms with E-state index in [1.807, 2.05) is 32.0 Å². The molecule has 0 bridgehead atoms. The maximum Gasteiger partial charge on any atom is 0.407 e. The summed E-state index contributed by atoms with van der Waals surface area (Å²) in [6, 6.07) is 13.0. The molecule has 1 aliphatic carbocycles. The number of nitriles is 1. The lowest BCUT2D eigenvalue weighted by atomic mass is 9.71. The number of ketones is 1. The van der Waals surface area contributed by atoms with E-state index >= 15 is 0 Å². The zero-order valence-electron chi connectivity index (χ0n) is 21.2. The fraction of sp³-hybridized carbons (Fsp3) is 0.357. The van der Waals surface area contributed by atoms with Gasteiger partial charge >= 0.3 is 6.09 Å². The Morgan fingerprint density at radius 1 is 1.08 bits per heavy atom. The second kappa shape index (κ2) is 9.15. The summed E-state index contributed by atoms with van der Waals surface area (Å²) >= 11 is 0. The number of nitrogens with one attached hydrogen (secondary N) is 3. The molecule has 0 saturated heterocycles. The summed E-state index contributed by atoms with van der Waals surface area (Å²) in [7, 11) is 0. The topological polar surface area (TPSA) is 124 Å². The molecule has 186 valence electrons. The highest BCUT2D eigenvalue weighted by Gasteiger charge is 2.40. The lowest BCUT2D eigenvalue weighted by Crippen LogP contribution is -2.38. The summed E-state index contributed by atoms with van der Waals surface area (Å²) in [5, 5.41) is 15.3. The van der Waals surface area contributed by atoms with E-state index in [-0.39, 0.29) is 24.8 Å². The quantitative estimate of drug-likeness (QED) is 0.462. The molecule has 1 aliphatic rings. The highest BCUT2D eigenvalue weighted by Crippen LogP contribution is 2.44. The van der Waals surface area contributed by atoms with Crippen LogP contribution in [-0.2, 0) is 16.6 Å². The van der Waals surface area contributed by atoms with Crippen LogP contribution in [0.5, 0.6) is 0 Å². The van der Waals surface area contributed by atoms with Gasteiger partial charge in [-0.2, -0.15) is 5.26 Å². The molecule has 4 rings (SSSR count). The molecule has 8 heteroatoms. The molecule has 1 aromatic heterocycles. The SMILES string of the molecule is CC(C)(C)OC(=O)NCCNC(=O)c1ccc2c(c1)C(C)(C)c1[nH]c3cc(CC#N)ccc3c1C2=O. The fourth-order valence-corrected chi connectivity index (χ4v) is 4.58. The Morgan fingerprint density at radius 2 is 1.81 bits per heavy atom. The number of carbonyl (C=O) groups is 3. The van der Waals surface area contributed by atoms with E-state index in [1.54, 1.807) is 39.0 Å². The molecule has 0 spiro atoms. The van der Waals surface area contributed by atoms with E-state index in [0.29, 0.717) is 23.1 Å². The number of rotatable bonds is 5. The lowest BCUT2D eigenvalue weighted by molar-refractivity contribution is 0.0526. The van der Waals surface area contributed by atoms with Crippen LogP contribution >= 0.6 is 0 Å². The third kappa shape index (κ3) is 4.69. The number of nitrogens with zero attached hydrogens (tertiary/aromatic N) is 1. The van der Waals surface area contributed by atoms with Crippen molar-refractivity contribution < 1.29 is 19.1 Å². The molecule has 2 aromatic carbocycles. The van der Waals surface area contributed by atoms with Crippen LogP contribution in [0, 0.1) is 11.3 Å². The van der Waals surface area contributed by atoms with Crippen LogP contribution in [0.1, 0.15) is 77.7 Å². The molecule has 0 saturated carbocycles. The largest absolute Gasteiger partial charge is 0.444 e. The number of hydrogen-bond donors (Lipinski definition) is 3. The number of hydrogen-bond acceptors (Lipinski definition) is 5. The molecular formula is C28H30N4O4. The monoisotopic (exact) mass is 486 g/mol. The van der Waals surface area contributed by atoms with Crippen molar-refractivity contribution in [2.45, 2.75) is 52.1 Å². The second-order valence-corrected chi connectivity index (χ2v) is 10.5. The van der Waals surface area contributed by atoms with Crippen molar-refractivity contribution in [1.82, 2.24) is 15.6 Å². The van der Waals surface area contributed by atoms with Crippen molar-refractivity contribution in [1.29, 1.82) is 5.26 Å². The minimum atomic E-state index is -0.593. The average molecular weight is 487 g/mol. The van der Waals surface area contributed by atoms with E-state index in [0.717, 1.165) is 27.7 Å². The Bertz CT molecular complexity index is 1420. The van der Waals surface area contributed by atoms with E-state index in [1.165, 1.54) is 0 Å². The van der Waals surface area contributed by atoms with Gasteiger partial charge in [0, 0.05) is 46.2 Å². The molecule has 36 heavy (non-hydrogen) atoms. The summed E-state index contributed by atoms with van der Waals surface area (Å²) in [6.07, 6.45) is -0.247. The highest BCUT2D eigenvalue weighted by atomic mass is 16.6. The van der Waals surface area contributed by atoms with Crippen molar-refractivity contribution in [3.63, 3.8) is 0 Å². The van der Waals surface area contributed by atoms with Gasteiger partial charge in [-0.15, -0.1) is 0 Å². The van der Waals surface area contributed by atoms with Crippen LogP contribution in [0.4, 0.5) is 4.79 Å². The minimum absolute atomic E-state index is 0.0906. The third-order valence-electron chi connectivity index (χ3n) is 6.28. The highest BCUT2D eigenvalue weighted by molar-refractivity contribution is 6.20.